The fourth-order valence-electron chi connectivity index (χ4n) is 2.31. The van der Waals surface area contributed by atoms with E-state index in [4.69, 9.17) is 5.73 Å². The third kappa shape index (κ3) is 4.81. The van der Waals surface area contributed by atoms with Crippen molar-refractivity contribution in [2.45, 2.75) is 59.4 Å². The number of carbonyl (C=O) groups is 1. The molecule has 0 aliphatic carbocycles. The second-order valence-corrected chi connectivity index (χ2v) is 6.44. The van der Waals surface area contributed by atoms with Crippen LogP contribution in [-0.4, -0.2) is 29.9 Å². The van der Waals surface area contributed by atoms with Gasteiger partial charge in [0.15, 0.2) is 0 Å². The summed E-state index contributed by atoms with van der Waals surface area (Å²) < 4.78 is 0. The molecule has 3 heteroatoms. The minimum atomic E-state index is 0.201. The zero-order valence-corrected chi connectivity index (χ0v) is 12.3. The summed E-state index contributed by atoms with van der Waals surface area (Å²) in [5.41, 5.74) is 7.40. The number of hydrogen-bond donors (Lipinski definition) is 1. The quantitative estimate of drug-likeness (QED) is 0.782. The summed E-state index contributed by atoms with van der Waals surface area (Å²) in [5.74, 6) is 0.278. The Kier molecular flexibility index (Phi) is 5.39. The summed E-state index contributed by atoms with van der Waals surface area (Å²) in [6.45, 7) is 10.4. The van der Waals surface area contributed by atoms with Crippen LogP contribution in [-0.2, 0) is 4.79 Å². The van der Waals surface area contributed by atoms with Gasteiger partial charge in [0, 0.05) is 25.6 Å². The van der Waals surface area contributed by atoms with Crippen LogP contribution in [0.2, 0.25) is 0 Å². The molecule has 0 fully saturated rings. The van der Waals surface area contributed by atoms with Gasteiger partial charge in [-0.25, -0.2) is 0 Å². The Morgan fingerprint density at radius 2 is 2.17 bits per heavy atom. The van der Waals surface area contributed by atoms with Gasteiger partial charge in [-0.3, -0.25) is 4.79 Å². The molecule has 18 heavy (non-hydrogen) atoms. The Labute approximate surface area is 111 Å². The molecular formula is C15H28N2O. The van der Waals surface area contributed by atoms with Crippen LogP contribution in [0.15, 0.2) is 11.6 Å². The average Bonchev–Trinajstić information content (AvgIpc) is 2.27. The van der Waals surface area contributed by atoms with Gasteiger partial charge in [-0.15, -0.1) is 0 Å². The molecule has 1 rings (SSSR count). The van der Waals surface area contributed by atoms with Gasteiger partial charge < -0.3 is 10.6 Å². The van der Waals surface area contributed by atoms with Crippen molar-refractivity contribution in [2.24, 2.45) is 11.1 Å². The van der Waals surface area contributed by atoms with Crippen molar-refractivity contribution in [3.05, 3.63) is 11.6 Å². The molecule has 0 aromatic heterocycles. The number of amides is 1. The molecule has 0 aromatic carbocycles. The molecule has 1 amide bonds. The first-order valence-corrected chi connectivity index (χ1v) is 7.03. The van der Waals surface area contributed by atoms with E-state index >= 15 is 0 Å². The van der Waals surface area contributed by atoms with Crippen LogP contribution in [0.1, 0.15) is 53.4 Å². The van der Waals surface area contributed by atoms with E-state index in [1.165, 1.54) is 5.57 Å². The molecule has 0 radical (unpaired) electrons. The van der Waals surface area contributed by atoms with E-state index in [9.17, 15) is 4.79 Å². The first kappa shape index (κ1) is 15.2. The van der Waals surface area contributed by atoms with Crippen LogP contribution in [0, 0.1) is 5.41 Å². The number of hydrogen-bond acceptors (Lipinski definition) is 2. The Morgan fingerprint density at radius 3 is 2.61 bits per heavy atom. The monoisotopic (exact) mass is 252 g/mol. The van der Waals surface area contributed by atoms with Gasteiger partial charge in [-0.1, -0.05) is 32.4 Å². The predicted molar refractivity (Wildman–Crippen MR) is 76.2 cm³/mol. The Bertz CT molecular complexity index is 313. The first-order valence-electron chi connectivity index (χ1n) is 7.03. The molecule has 1 aliphatic rings. The molecule has 2 N–H and O–H groups in total. The first-order chi connectivity index (χ1) is 8.30. The van der Waals surface area contributed by atoms with Crippen molar-refractivity contribution < 1.29 is 4.79 Å². The molecule has 0 bridgehead atoms. The van der Waals surface area contributed by atoms with Crippen molar-refractivity contribution in [1.82, 2.24) is 4.90 Å². The lowest BCUT2D eigenvalue weighted by Gasteiger charge is -2.32. The fourth-order valence-corrected chi connectivity index (χ4v) is 2.31. The lowest BCUT2D eigenvalue weighted by atomic mass is 9.83. The van der Waals surface area contributed by atoms with Gasteiger partial charge in [0.2, 0.25) is 5.91 Å². The normalized spacial score (nSPS) is 18.5. The molecule has 1 atom stereocenters. The minimum Gasteiger partial charge on any atom is -0.339 e. The van der Waals surface area contributed by atoms with Crippen molar-refractivity contribution in [2.75, 3.05) is 13.1 Å². The summed E-state index contributed by atoms with van der Waals surface area (Å²) in [7, 11) is 0. The molecule has 1 aliphatic heterocycles. The molecule has 0 spiro atoms. The number of nitrogens with zero attached hydrogens (tertiary/aromatic N) is 1. The summed E-state index contributed by atoms with van der Waals surface area (Å²) >= 11 is 0. The molecule has 0 aromatic rings. The van der Waals surface area contributed by atoms with Gasteiger partial charge in [-0.2, -0.15) is 0 Å². The maximum Gasteiger partial charge on any atom is 0.222 e. The molecule has 104 valence electrons. The molecule has 1 unspecified atom stereocenters. The van der Waals surface area contributed by atoms with Gasteiger partial charge in [0.1, 0.15) is 0 Å². The van der Waals surface area contributed by atoms with Crippen molar-refractivity contribution in [1.29, 1.82) is 0 Å². The highest BCUT2D eigenvalue weighted by Gasteiger charge is 2.23. The maximum atomic E-state index is 12.0. The molecule has 1 heterocycles. The predicted octanol–water partition coefficient (Wildman–Crippen LogP) is 2.71. The minimum absolute atomic E-state index is 0.201. The van der Waals surface area contributed by atoms with Crippen molar-refractivity contribution >= 4 is 5.91 Å². The van der Waals surface area contributed by atoms with E-state index in [0.29, 0.717) is 6.42 Å². The van der Waals surface area contributed by atoms with E-state index in [2.05, 4.69) is 26.8 Å². The molecular weight excluding hydrogens is 224 g/mol. The van der Waals surface area contributed by atoms with Gasteiger partial charge in [0.25, 0.3) is 0 Å². The van der Waals surface area contributed by atoms with E-state index < -0.39 is 0 Å². The fraction of sp³-hybridized carbons (Fsp3) is 0.800. The van der Waals surface area contributed by atoms with Gasteiger partial charge >= 0.3 is 0 Å². The SMILES string of the molecule is CC(N)CCCC(=O)N1CC=C(C(C)(C)C)CC1. The van der Waals surface area contributed by atoms with Crippen LogP contribution < -0.4 is 5.73 Å². The third-order valence-corrected chi connectivity index (χ3v) is 3.58. The maximum absolute atomic E-state index is 12.0. The number of carbonyl (C=O) groups excluding carboxylic acids is 1. The van der Waals surface area contributed by atoms with E-state index in [1.54, 1.807) is 0 Å². The third-order valence-electron chi connectivity index (χ3n) is 3.58. The lowest BCUT2D eigenvalue weighted by Crippen LogP contribution is -2.36. The molecule has 0 saturated heterocycles. The second-order valence-electron chi connectivity index (χ2n) is 6.44. The Hall–Kier alpha value is -0.830. The highest BCUT2D eigenvalue weighted by Crippen LogP contribution is 2.30. The molecule has 0 saturated carbocycles. The highest BCUT2D eigenvalue weighted by molar-refractivity contribution is 5.76. The summed E-state index contributed by atoms with van der Waals surface area (Å²) in [6, 6.07) is 0.201. The topological polar surface area (TPSA) is 46.3 Å². The second kappa shape index (κ2) is 6.37. The van der Waals surface area contributed by atoms with Crippen LogP contribution >= 0.6 is 0 Å². The number of nitrogens with two attached hydrogens (primary N) is 1. The Morgan fingerprint density at radius 1 is 1.50 bits per heavy atom. The van der Waals surface area contributed by atoms with Crippen LogP contribution in [0.4, 0.5) is 0 Å². The van der Waals surface area contributed by atoms with Crippen LogP contribution in [0.5, 0.6) is 0 Å². The van der Waals surface area contributed by atoms with Crippen molar-refractivity contribution in [3.63, 3.8) is 0 Å². The van der Waals surface area contributed by atoms with Gasteiger partial charge in [0.05, 0.1) is 0 Å². The summed E-state index contributed by atoms with van der Waals surface area (Å²) in [4.78, 5) is 14.0. The zero-order chi connectivity index (χ0) is 13.8. The van der Waals surface area contributed by atoms with Crippen LogP contribution in [0.25, 0.3) is 0 Å². The van der Waals surface area contributed by atoms with Crippen LogP contribution in [0.3, 0.4) is 0 Å². The summed E-state index contributed by atoms with van der Waals surface area (Å²) in [6.07, 6.45) is 5.72. The Balaban J connectivity index is 2.38. The largest absolute Gasteiger partial charge is 0.339 e. The highest BCUT2D eigenvalue weighted by atomic mass is 16.2. The zero-order valence-electron chi connectivity index (χ0n) is 12.3. The van der Waals surface area contributed by atoms with E-state index in [-0.39, 0.29) is 17.4 Å². The van der Waals surface area contributed by atoms with E-state index in [1.807, 2.05) is 11.8 Å². The average molecular weight is 252 g/mol. The lowest BCUT2D eigenvalue weighted by molar-refractivity contribution is -0.131. The summed E-state index contributed by atoms with van der Waals surface area (Å²) in [5, 5.41) is 0. The number of rotatable bonds is 4. The van der Waals surface area contributed by atoms with Crippen molar-refractivity contribution in [3.8, 4) is 0 Å². The van der Waals surface area contributed by atoms with E-state index in [0.717, 1.165) is 32.4 Å². The van der Waals surface area contributed by atoms with Gasteiger partial charge in [-0.05, 0) is 31.6 Å². The smallest absolute Gasteiger partial charge is 0.222 e. The molecule has 3 nitrogen and oxygen atoms in total. The standard InChI is InChI=1S/C15H28N2O/c1-12(16)6-5-7-14(18)17-10-8-13(9-11-17)15(2,3)4/h8,12H,5-7,9-11,16H2,1-4H3.